The average molecular weight is 449 g/mol. The SMILES string of the molecule is CC(C)(C)OC(=O)Nc1cc(Cl)c(-c2nc3c(F)cnc(Cl)c3s2)c(Cl)c1. The van der Waals surface area contributed by atoms with E-state index >= 15 is 0 Å². The van der Waals surface area contributed by atoms with Crippen molar-refractivity contribution in [3.63, 3.8) is 0 Å². The third kappa shape index (κ3) is 4.43. The standard InChI is InChI=1S/C17H13Cl3FN3O2S/c1-17(2,3)26-16(25)23-7-4-8(18)11(9(19)5-7)15-24-12-10(21)6-22-14(20)13(12)27-15/h4-6H,1-3H3,(H,23,25). The summed E-state index contributed by atoms with van der Waals surface area (Å²) in [6, 6.07) is 3.02. The van der Waals surface area contributed by atoms with Gasteiger partial charge >= 0.3 is 6.09 Å². The van der Waals surface area contributed by atoms with Gasteiger partial charge < -0.3 is 4.74 Å². The molecule has 0 saturated carbocycles. The average Bonchev–Trinajstić information content (AvgIpc) is 2.94. The fourth-order valence-corrected chi connectivity index (χ4v) is 4.29. The largest absolute Gasteiger partial charge is 0.444 e. The molecule has 0 spiro atoms. The first-order chi connectivity index (χ1) is 12.5. The van der Waals surface area contributed by atoms with Gasteiger partial charge in [0.2, 0.25) is 0 Å². The summed E-state index contributed by atoms with van der Waals surface area (Å²) in [6.45, 7) is 5.26. The van der Waals surface area contributed by atoms with Gasteiger partial charge in [-0.25, -0.2) is 19.2 Å². The molecule has 10 heteroatoms. The van der Waals surface area contributed by atoms with Crippen molar-refractivity contribution >= 4 is 68.1 Å². The zero-order valence-corrected chi connectivity index (χ0v) is 17.4. The number of thiazole rings is 1. The number of carbonyl (C=O) groups is 1. The van der Waals surface area contributed by atoms with Crippen molar-refractivity contribution in [2.45, 2.75) is 26.4 Å². The molecule has 1 amide bonds. The van der Waals surface area contributed by atoms with Gasteiger partial charge in [0.1, 0.15) is 21.3 Å². The fraction of sp³-hybridized carbons (Fsp3) is 0.235. The van der Waals surface area contributed by atoms with Crippen LogP contribution in [0.15, 0.2) is 18.3 Å². The van der Waals surface area contributed by atoms with Crippen molar-refractivity contribution in [3.05, 3.63) is 39.3 Å². The van der Waals surface area contributed by atoms with Gasteiger partial charge in [-0.1, -0.05) is 34.8 Å². The molecule has 0 radical (unpaired) electrons. The van der Waals surface area contributed by atoms with Crippen LogP contribution in [0.1, 0.15) is 20.8 Å². The van der Waals surface area contributed by atoms with E-state index in [0.717, 1.165) is 17.5 Å². The van der Waals surface area contributed by atoms with Crippen LogP contribution in [0.3, 0.4) is 0 Å². The fourth-order valence-electron chi connectivity index (χ4n) is 2.23. The second-order valence-corrected chi connectivity index (χ2v) is 8.71. The Kier molecular flexibility index (Phi) is 5.49. The van der Waals surface area contributed by atoms with Gasteiger partial charge in [0.05, 0.1) is 20.9 Å². The molecule has 2 heterocycles. The summed E-state index contributed by atoms with van der Waals surface area (Å²) in [5.41, 5.74) is 0.216. The van der Waals surface area contributed by atoms with Gasteiger partial charge in [0.15, 0.2) is 5.82 Å². The Hall–Kier alpha value is -1.67. The zero-order chi connectivity index (χ0) is 19.9. The van der Waals surface area contributed by atoms with Crippen molar-refractivity contribution in [2.24, 2.45) is 0 Å². The molecular formula is C17H13Cl3FN3O2S. The van der Waals surface area contributed by atoms with Crippen LogP contribution >= 0.6 is 46.1 Å². The number of carbonyl (C=O) groups excluding carboxylic acids is 1. The Balaban J connectivity index is 1.98. The van der Waals surface area contributed by atoms with Crippen molar-refractivity contribution in [3.8, 4) is 10.6 Å². The van der Waals surface area contributed by atoms with E-state index in [0.29, 0.717) is 21.0 Å². The van der Waals surface area contributed by atoms with Gasteiger partial charge in [0.25, 0.3) is 0 Å². The van der Waals surface area contributed by atoms with E-state index in [1.165, 1.54) is 12.1 Å². The van der Waals surface area contributed by atoms with Gasteiger partial charge in [-0.3, -0.25) is 5.32 Å². The number of amides is 1. The number of rotatable bonds is 2. The van der Waals surface area contributed by atoms with Crippen LogP contribution in [0.2, 0.25) is 15.2 Å². The van der Waals surface area contributed by atoms with Gasteiger partial charge in [-0.2, -0.15) is 0 Å². The molecule has 0 unspecified atom stereocenters. The van der Waals surface area contributed by atoms with E-state index in [2.05, 4.69) is 15.3 Å². The highest BCUT2D eigenvalue weighted by atomic mass is 35.5. The first-order valence-corrected chi connectivity index (χ1v) is 9.60. The summed E-state index contributed by atoms with van der Waals surface area (Å²) in [5.74, 6) is -0.590. The second kappa shape index (κ2) is 7.39. The maximum absolute atomic E-state index is 13.9. The summed E-state index contributed by atoms with van der Waals surface area (Å²) in [4.78, 5) is 19.9. The number of nitrogens with one attached hydrogen (secondary N) is 1. The number of pyridine rings is 1. The van der Waals surface area contributed by atoms with E-state index in [1.807, 2.05) is 0 Å². The lowest BCUT2D eigenvalue weighted by Gasteiger charge is -2.20. The Morgan fingerprint density at radius 2 is 1.85 bits per heavy atom. The number of aromatic nitrogens is 2. The van der Waals surface area contributed by atoms with Crippen molar-refractivity contribution < 1.29 is 13.9 Å². The van der Waals surface area contributed by atoms with Crippen molar-refractivity contribution in [2.75, 3.05) is 5.32 Å². The molecule has 142 valence electrons. The van der Waals surface area contributed by atoms with Crippen LogP contribution in [0.5, 0.6) is 0 Å². The third-order valence-corrected chi connectivity index (χ3v) is 5.31. The van der Waals surface area contributed by atoms with E-state index in [9.17, 15) is 9.18 Å². The van der Waals surface area contributed by atoms with Gasteiger partial charge in [-0.05, 0) is 32.9 Å². The molecule has 0 atom stereocenters. The Morgan fingerprint density at radius 1 is 1.22 bits per heavy atom. The molecule has 1 aromatic carbocycles. The zero-order valence-electron chi connectivity index (χ0n) is 14.4. The highest BCUT2D eigenvalue weighted by Gasteiger charge is 2.20. The molecule has 0 saturated heterocycles. The molecule has 2 aromatic heterocycles. The third-order valence-electron chi connectivity index (χ3n) is 3.23. The number of anilines is 1. The summed E-state index contributed by atoms with van der Waals surface area (Å²) in [6.07, 6.45) is 0.368. The molecule has 3 aromatic rings. The van der Waals surface area contributed by atoms with Crippen LogP contribution in [0.25, 0.3) is 20.8 Å². The molecule has 1 N–H and O–H groups in total. The quantitative estimate of drug-likeness (QED) is 0.438. The van der Waals surface area contributed by atoms with E-state index in [4.69, 9.17) is 39.5 Å². The second-order valence-electron chi connectivity index (χ2n) is 6.54. The van der Waals surface area contributed by atoms with E-state index in [1.54, 1.807) is 20.8 Å². The van der Waals surface area contributed by atoms with Crippen molar-refractivity contribution in [1.29, 1.82) is 0 Å². The topological polar surface area (TPSA) is 64.1 Å². The summed E-state index contributed by atoms with van der Waals surface area (Å²) in [5, 5.41) is 3.56. The molecule has 27 heavy (non-hydrogen) atoms. The minimum absolute atomic E-state index is 0.0955. The number of ether oxygens (including phenoxy) is 1. The molecule has 0 fully saturated rings. The first-order valence-electron chi connectivity index (χ1n) is 7.65. The predicted octanol–water partition coefficient (Wildman–Crippen LogP) is 6.80. The minimum Gasteiger partial charge on any atom is -0.444 e. The van der Waals surface area contributed by atoms with Crippen LogP contribution in [0, 0.1) is 5.82 Å². The number of hydrogen-bond acceptors (Lipinski definition) is 5. The lowest BCUT2D eigenvalue weighted by atomic mass is 10.2. The molecular weight excluding hydrogens is 436 g/mol. The molecule has 0 aliphatic carbocycles. The number of halogens is 4. The number of benzene rings is 1. The van der Waals surface area contributed by atoms with Crippen LogP contribution in [-0.4, -0.2) is 21.7 Å². The smallest absolute Gasteiger partial charge is 0.412 e. The number of hydrogen-bond donors (Lipinski definition) is 1. The van der Waals surface area contributed by atoms with Gasteiger partial charge in [0, 0.05) is 11.3 Å². The van der Waals surface area contributed by atoms with Gasteiger partial charge in [-0.15, -0.1) is 11.3 Å². The van der Waals surface area contributed by atoms with Crippen molar-refractivity contribution in [1.82, 2.24) is 9.97 Å². The molecule has 5 nitrogen and oxygen atoms in total. The molecule has 0 aliphatic heterocycles. The monoisotopic (exact) mass is 447 g/mol. The Labute approximate surface area is 173 Å². The van der Waals surface area contributed by atoms with E-state index < -0.39 is 17.5 Å². The summed E-state index contributed by atoms with van der Waals surface area (Å²) >= 11 is 19.8. The maximum Gasteiger partial charge on any atom is 0.412 e. The normalized spacial score (nSPS) is 11.7. The Bertz CT molecular complexity index is 988. The lowest BCUT2D eigenvalue weighted by Crippen LogP contribution is -2.27. The predicted molar refractivity (Wildman–Crippen MR) is 108 cm³/mol. The molecule has 0 bridgehead atoms. The number of fused-ring (bicyclic) bond motifs is 1. The minimum atomic E-state index is -0.643. The molecule has 0 aliphatic rings. The first kappa shape index (κ1) is 20.1. The summed E-state index contributed by atoms with van der Waals surface area (Å²) in [7, 11) is 0. The van der Waals surface area contributed by atoms with Crippen LogP contribution < -0.4 is 5.32 Å². The van der Waals surface area contributed by atoms with E-state index in [-0.39, 0.29) is 20.7 Å². The highest BCUT2D eigenvalue weighted by Crippen LogP contribution is 2.42. The lowest BCUT2D eigenvalue weighted by molar-refractivity contribution is 0.0636. The Morgan fingerprint density at radius 3 is 2.41 bits per heavy atom. The maximum atomic E-state index is 13.9. The van der Waals surface area contributed by atoms with Crippen LogP contribution in [-0.2, 0) is 4.74 Å². The molecule has 3 rings (SSSR count). The highest BCUT2D eigenvalue weighted by molar-refractivity contribution is 7.22. The summed E-state index contributed by atoms with van der Waals surface area (Å²) < 4.78 is 19.5. The van der Waals surface area contributed by atoms with Crippen LogP contribution in [0.4, 0.5) is 14.9 Å². The number of nitrogens with zero attached hydrogens (tertiary/aromatic N) is 2.